The van der Waals surface area contributed by atoms with E-state index in [4.69, 9.17) is 5.84 Å². The second-order valence-electron chi connectivity index (χ2n) is 4.41. The molecule has 112 valence electrons. The number of rotatable bonds is 5. The summed E-state index contributed by atoms with van der Waals surface area (Å²) in [6, 6.07) is 7.23. The lowest BCUT2D eigenvalue weighted by molar-refractivity contribution is 0.465. The zero-order chi connectivity index (χ0) is 15.5. The third-order valence-electron chi connectivity index (χ3n) is 2.92. The van der Waals surface area contributed by atoms with Crippen molar-refractivity contribution in [2.75, 3.05) is 12.5 Å². The summed E-state index contributed by atoms with van der Waals surface area (Å²) in [6.45, 7) is 0.0407. The first-order chi connectivity index (χ1) is 9.95. The summed E-state index contributed by atoms with van der Waals surface area (Å²) in [6.07, 6.45) is 2.65. The Morgan fingerprint density at radius 3 is 2.81 bits per heavy atom. The van der Waals surface area contributed by atoms with Crippen LogP contribution in [0.3, 0.4) is 0 Å². The fraction of sp³-hybridized carbons (Fsp3) is 0.154. The summed E-state index contributed by atoms with van der Waals surface area (Å²) < 4.78 is 39.3. The van der Waals surface area contributed by atoms with Crippen molar-refractivity contribution in [3.63, 3.8) is 0 Å². The number of nitrogens with zero attached hydrogens (tertiary/aromatic N) is 2. The number of benzene rings is 1. The third kappa shape index (κ3) is 3.35. The Balaban J connectivity index is 2.31. The molecule has 8 heteroatoms. The van der Waals surface area contributed by atoms with E-state index in [2.05, 4.69) is 10.4 Å². The number of pyridine rings is 1. The van der Waals surface area contributed by atoms with E-state index in [-0.39, 0.29) is 17.1 Å². The maximum Gasteiger partial charge on any atom is 0.246 e. The van der Waals surface area contributed by atoms with Crippen molar-refractivity contribution in [3.8, 4) is 0 Å². The number of sulfonamides is 1. The number of nitrogens with one attached hydrogen (secondary N) is 1. The van der Waals surface area contributed by atoms with E-state index < -0.39 is 15.8 Å². The van der Waals surface area contributed by atoms with E-state index in [9.17, 15) is 12.8 Å². The van der Waals surface area contributed by atoms with Crippen molar-refractivity contribution < 1.29 is 12.8 Å². The normalized spacial score (nSPS) is 11.6. The van der Waals surface area contributed by atoms with E-state index in [1.54, 1.807) is 6.07 Å². The molecule has 1 aromatic heterocycles. The average molecular weight is 310 g/mol. The SMILES string of the molecule is CN(Cc1cccc(F)c1)S(=O)(=O)c1cnccc1NN. The van der Waals surface area contributed by atoms with Gasteiger partial charge in [0.1, 0.15) is 10.7 Å². The first-order valence-electron chi connectivity index (χ1n) is 6.06. The van der Waals surface area contributed by atoms with Gasteiger partial charge in [0.15, 0.2) is 0 Å². The van der Waals surface area contributed by atoms with Gasteiger partial charge in [0.2, 0.25) is 10.0 Å². The van der Waals surface area contributed by atoms with Crippen LogP contribution in [0.2, 0.25) is 0 Å². The maximum atomic E-state index is 13.2. The summed E-state index contributed by atoms with van der Waals surface area (Å²) >= 11 is 0. The van der Waals surface area contributed by atoms with Gasteiger partial charge in [0, 0.05) is 26.0 Å². The van der Waals surface area contributed by atoms with Crippen LogP contribution in [0.5, 0.6) is 0 Å². The number of hydrogen-bond acceptors (Lipinski definition) is 5. The molecule has 1 heterocycles. The molecule has 0 fully saturated rings. The third-order valence-corrected chi connectivity index (χ3v) is 4.75. The molecule has 1 aromatic carbocycles. The largest absolute Gasteiger partial charge is 0.323 e. The lowest BCUT2D eigenvalue weighted by Crippen LogP contribution is -2.28. The second kappa shape index (κ2) is 6.17. The highest BCUT2D eigenvalue weighted by Gasteiger charge is 2.24. The minimum Gasteiger partial charge on any atom is -0.323 e. The molecule has 0 amide bonds. The Hall–Kier alpha value is -2.03. The van der Waals surface area contributed by atoms with Crippen LogP contribution in [0.4, 0.5) is 10.1 Å². The number of hydrazine groups is 1. The van der Waals surface area contributed by atoms with Gasteiger partial charge < -0.3 is 5.43 Å². The summed E-state index contributed by atoms with van der Waals surface area (Å²) in [4.78, 5) is 3.77. The van der Waals surface area contributed by atoms with Crippen molar-refractivity contribution in [3.05, 3.63) is 54.1 Å². The molecular formula is C13H15FN4O2S. The van der Waals surface area contributed by atoms with Crippen LogP contribution in [-0.2, 0) is 16.6 Å². The topological polar surface area (TPSA) is 88.3 Å². The molecule has 0 radical (unpaired) electrons. The van der Waals surface area contributed by atoms with E-state index >= 15 is 0 Å². The number of nitrogens with two attached hydrogens (primary N) is 1. The van der Waals surface area contributed by atoms with Crippen LogP contribution in [0, 0.1) is 5.82 Å². The zero-order valence-corrected chi connectivity index (χ0v) is 12.1. The van der Waals surface area contributed by atoms with Gasteiger partial charge in [-0.3, -0.25) is 10.8 Å². The Labute approximate surface area is 122 Å². The predicted octanol–water partition coefficient (Wildman–Crippen LogP) is 1.33. The molecule has 0 spiro atoms. The molecule has 0 saturated carbocycles. The molecule has 0 atom stereocenters. The molecule has 0 saturated heterocycles. The van der Waals surface area contributed by atoms with Gasteiger partial charge in [-0.15, -0.1) is 0 Å². The van der Waals surface area contributed by atoms with Crippen LogP contribution >= 0.6 is 0 Å². The fourth-order valence-corrected chi connectivity index (χ4v) is 3.10. The Morgan fingerprint density at radius 1 is 1.38 bits per heavy atom. The van der Waals surface area contributed by atoms with Gasteiger partial charge in [0.25, 0.3) is 0 Å². The lowest BCUT2D eigenvalue weighted by Gasteiger charge is -2.18. The van der Waals surface area contributed by atoms with Crippen LogP contribution in [0.25, 0.3) is 0 Å². The molecule has 6 nitrogen and oxygen atoms in total. The molecule has 0 bridgehead atoms. The van der Waals surface area contributed by atoms with Crippen molar-refractivity contribution in [2.45, 2.75) is 11.4 Å². The van der Waals surface area contributed by atoms with E-state index in [1.165, 1.54) is 43.7 Å². The van der Waals surface area contributed by atoms with Crippen molar-refractivity contribution in [1.29, 1.82) is 0 Å². The molecule has 3 N–H and O–H groups in total. The van der Waals surface area contributed by atoms with Crippen molar-refractivity contribution in [1.82, 2.24) is 9.29 Å². The number of halogens is 1. The first kappa shape index (κ1) is 15.4. The van der Waals surface area contributed by atoms with Gasteiger partial charge in [-0.2, -0.15) is 4.31 Å². The molecular weight excluding hydrogens is 295 g/mol. The number of nitrogen functional groups attached to an aromatic ring is 1. The molecule has 2 aromatic rings. The molecule has 21 heavy (non-hydrogen) atoms. The highest BCUT2D eigenvalue weighted by molar-refractivity contribution is 7.89. The van der Waals surface area contributed by atoms with Crippen molar-refractivity contribution >= 4 is 15.7 Å². The van der Waals surface area contributed by atoms with Crippen LogP contribution in [0.1, 0.15) is 5.56 Å². The minimum absolute atomic E-state index is 0.0357. The van der Waals surface area contributed by atoms with E-state index in [0.29, 0.717) is 5.56 Å². The zero-order valence-electron chi connectivity index (χ0n) is 11.3. The Morgan fingerprint density at radius 2 is 2.14 bits per heavy atom. The number of aromatic nitrogens is 1. The first-order valence-corrected chi connectivity index (χ1v) is 7.50. The smallest absolute Gasteiger partial charge is 0.246 e. The molecule has 0 aliphatic carbocycles. The Bertz CT molecular complexity index is 736. The van der Waals surface area contributed by atoms with Gasteiger partial charge in [-0.05, 0) is 23.8 Å². The van der Waals surface area contributed by atoms with Crippen LogP contribution < -0.4 is 11.3 Å². The highest BCUT2D eigenvalue weighted by atomic mass is 32.2. The van der Waals surface area contributed by atoms with Gasteiger partial charge in [-0.1, -0.05) is 12.1 Å². The monoisotopic (exact) mass is 310 g/mol. The lowest BCUT2D eigenvalue weighted by atomic mass is 10.2. The summed E-state index contributed by atoms with van der Waals surface area (Å²) in [7, 11) is -2.38. The van der Waals surface area contributed by atoms with Crippen molar-refractivity contribution in [2.24, 2.45) is 5.84 Å². The van der Waals surface area contributed by atoms with Gasteiger partial charge >= 0.3 is 0 Å². The van der Waals surface area contributed by atoms with Gasteiger partial charge in [-0.25, -0.2) is 12.8 Å². The van der Waals surface area contributed by atoms with Crippen LogP contribution in [-0.4, -0.2) is 24.8 Å². The molecule has 0 aliphatic heterocycles. The van der Waals surface area contributed by atoms with E-state index in [1.807, 2.05) is 0 Å². The number of hydrogen-bond donors (Lipinski definition) is 2. The average Bonchev–Trinajstić information content (AvgIpc) is 2.47. The minimum atomic E-state index is -3.79. The fourth-order valence-electron chi connectivity index (χ4n) is 1.85. The van der Waals surface area contributed by atoms with Crippen LogP contribution in [0.15, 0.2) is 47.6 Å². The summed E-state index contributed by atoms with van der Waals surface area (Å²) in [5.74, 6) is 4.90. The van der Waals surface area contributed by atoms with E-state index in [0.717, 1.165) is 4.31 Å². The molecule has 2 rings (SSSR count). The molecule has 0 unspecified atom stereocenters. The maximum absolute atomic E-state index is 13.2. The molecule has 0 aliphatic rings. The second-order valence-corrected chi connectivity index (χ2v) is 6.42. The predicted molar refractivity (Wildman–Crippen MR) is 77.1 cm³/mol. The quantitative estimate of drug-likeness (QED) is 0.642. The Kier molecular flexibility index (Phi) is 4.51. The number of anilines is 1. The standard InChI is InChI=1S/C13H15FN4O2S/c1-18(9-10-3-2-4-11(14)7-10)21(19,20)13-8-16-6-5-12(13)17-15/h2-8H,9,15H2,1H3,(H,16,17). The highest BCUT2D eigenvalue weighted by Crippen LogP contribution is 2.23. The van der Waals surface area contributed by atoms with Gasteiger partial charge in [0.05, 0.1) is 5.69 Å². The summed E-state index contributed by atoms with van der Waals surface area (Å²) in [5, 5.41) is 0. The summed E-state index contributed by atoms with van der Waals surface area (Å²) in [5.41, 5.74) is 3.12.